The molecule has 0 amide bonds. The van der Waals surface area contributed by atoms with E-state index in [0.29, 0.717) is 11.6 Å². The number of hydrogen-bond donors (Lipinski definition) is 1. The maximum Gasteiger partial charge on any atom is 0.491 e. The van der Waals surface area contributed by atoms with Gasteiger partial charge in [0.05, 0.1) is 17.0 Å². The highest BCUT2D eigenvalue weighted by Gasteiger charge is 2.28. The van der Waals surface area contributed by atoms with Crippen LogP contribution in [0, 0.1) is 0 Å². The molecule has 1 N–H and O–H groups in total. The fourth-order valence-electron chi connectivity index (χ4n) is 1.78. The predicted molar refractivity (Wildman–Crippen MR) is 65.0 cm³/mol. The first-order chi connectivity index (χ1) is 7.75. The van der Waals surface area contributed by atoms with Crippen molar-refractivity contribution in [1.29, 1.82) is 0 Å². The molecule has 3 rings (SSSR count). The van der Waals surface area contributed by atoms with E-state index in [1.54, 1.807) is 11.7 Å². The van der Waals surface area contributed by atoms with Crippen molar-refractivity contribution < 1.29 is 9.68 Å². The van der Waals surface area contributed by atoms with Gasteiger partial charge in [-0.3, -0.25) is 4.98 Å². The first-order valence-electron chi connectivity index (χ1n) is 4.76. The molecule has 1 aliphatic heterocycles. The number of halogens is 1. The van der Waals surface area contributed by atoms with E-state index < -0.39 is 7.12 Å². The van der Waals surface area contributed by atoms with Crippen LogP contribution in [0.25, 0.3) is 10.4 Å². The molecule has 0 fully saturated rings. The van der Waals surface area contributed by atoms with E-state index in [-0.39, 0.29) is 0 Å². The van der Waals surface area contributed by atoms with Crippen LogP contribution in [0.15, 0.2) is 23.8 Å². The van der Waals surface area contributed by atoms with Gasteiger partial charge in [-0.05, 0) is 17.1 Å². The van der Waals surface area contributed by atoms with Gasteiger partial charge in [0.2, 0.25) is 0 Å². The highest BCUT2D eigenvalue weighted by Crippen LogP contribution is 2.31. The van der Waals surface area contributed by atoms with E-state index in [1.807, 2.05) is 12.1 Å². The lowest BCUT2D eigenvalue weighted by Gasteiger charge is -2.05. The third-order valence-electron chi connectivity index (χ3n) is 2.59. The molecule has 1 aromatic carbocycles. The Morgan fingerprint density at radius 2 is 2.38 bits per heavy atom. The van der Waals surface area contributed by atoms with Crippen molar-refractivity contribution in [3.05, 3.63) is 34.4 Å². The van der Waals surface area contributed by atoms with Crippen LogP contribution in [0.1, 0.15) is 5.56 Å². The van der Waals surface area contributed by atoms with Gasteiger partial charge in [0, 0.05) is 16.8 Å². The Bertz CT molecular complexity index is 532. The van der Waals surface area contributed by atoms with Gasteiger partial charge < -0.3 is 9.68 Å². The smallest absolute Gasteiger partial charge is 0.423 e. The maximum atomic E-state index is 9.62. The van der Waals surface area contributed by atoms with Gasteiger partial charge in [-0.25, -0.2) is 0 Å². The average Bonchev–Trinajstić information content (AvgIpc) is 2.88. The van der Waals surface area contributed by atoms with Crippen molar-refractivity contribution in [2.75, 3.05) is 0 Å². The Balaban J connectivity index is 2.17. The summed E-state index contributed by atoms with van der Waals surface area (Å²) in [5, 5.41) is 10.3. The summed E-state index contributed by atoms with van der Waals surface area (Å²) in [5.74, 6) is 0. The number of fused-ring (bicyclic) bond motifs is 1. The van der Waals surface area contributed by atoms with Crippen molar-refractivity contribution in [2.45, 2.75) is 6.61 Å². The zero-order chi connectivity index (χ0) is 11.1. The molecule has 0 radical (unpaired) electrons. The SMILES string of the molecule is OB1OCc2cc(Cl)c(-c3cncs3)cc21. The summed E-state index contributed by atoms with van der Waals surface area (Å²) in [4.78, 5) is 5.01. The second-order valence-electron chi connectivity index (χ2n) is 3.56. The normalized spacial score (nSPS) is 14.2. The molecule has 0 aliphatic carbocycles. The Morgan fingerprint density at radius 3 is 3.12 bits per heavy atom. The molecule has 0 unspecified atom stereocenters. The highest BCUT2D eigenvalue weighted by atomic mass is 35.5. The minimum absolute atomic E-state index is 0.416. The van der Waals surface area contributed by atoms with E-state index >= 15 is 0 Å². The van der Waals surface area contributed by atoms with Crippen LogP contribution in [0.4, 0.5) is 0 Å². The molecule has 6 heteroatoms. The monoisotopic (exact) mass is 251 g/mol. The number of benzene rings is 1. The number of nitrogens with zero attached hydrogens (tertiary/aromatic N) is 1. The molecule has 0 saturated carbocycles. The lowest BCUT2D eigenvalue weighted by molar-refractivity contribution is 0.275. The first-order valence-corrected chi connectivity index (χ1v) is 6.02. The second-order valence-corrected chi connectivity index (χ2v) is 4.85. The Labute approximate surface area is 102 Å². The zero-order valence-electron chi connectivity index (χ0n) is 8.18. The topological polar surface area (TPSA) is 42.4 Å². The molecule has 0 spiro atoms. The zero-order valence-corrected chi connectivity index (χ0v) is 9.76. The molecule has 2 aromatic rings. The van der Waals surface area contributed by atoms with Crippen LogP contribution < -0.4 is 5.46 Å². The lowest BCUT2D eigenvalue weighted by atomic mass is 9.78. The summed E-state index contributed by atoms with van der Waals surface area (Å²) in [7, 11) is -0.834. The summed E-state index contributed by atoms with van der Waals surface area (Å²) >= 11 is 7.71. The van der Waals surface area contributed by atoms with Gasteiger partial charge in [0.25, 0.3) is 0 Å². The Morgan fingerprint density at radius 1 is 1.50 bits per heavy atom. The predicted octanol–water partition coefficient (Wildman–Crippen LogP) is 1.68. The van der Waals surface area contributed by atoms with Gasteiger partial charge in [0.1, 0.15) is 0 Å². The van der Waals surface area contributed by atoms with Gasteiger partial charge >= 0.3 is 7.12 Å². The molecule has 2 heterocycles. The summed E-state index contributed by atoms with van der Waals surface area (Å²) in [6.45, 7) is 0.416. The van der Waals surface area contributed by atoms with Crippen LogP contribution >= 0.6 is 22.9 Å². The first kappa shape index (κ1) is 10.3. The van der Waals surface area contributed by atoms with E-state index in [1.165, 1.54) is 11.3 Å². The largest absolute Gasteiger partial charge is 0.491 e. The number of hydrogen-bond acceptors (Lipinski definition) is 4. The quantitative estimate of drug-likeness (QED) is 0.784. The van der Waals surface area contributed by atoms with Crippen LogP contribution in [0.3, 0.4) is 0 Å². The van der Waals surface area contributed by atoms with Crippen molar-refractivity contribution in [2.24, 2.45) is 0 Å². The molecular weight excluding hydrogens is 244 g/mol. The third kappa shape index (κ3) is 1.56. The Hall–Kier alpha value is -0.875. The molecule has 0 bridgehead atoms. The summed E-state index contributed by atoms with van der Waals surface area (Å²) in [6.07, 6.45) is 1.76. The van der Waals surface area contributed by atoms with Crippen molar-refractivity contribution in [3.63, 3.8) is 0 Å². The second kappa shape index (κ2) is 3.85. The summed E-state index contributed by atoms with van der Waals surface area (Å²) in [5.41, 5.74) is 4.40. The van der Waals surface area contributed by atoms with Gasteiger partial charge in [-0.15, -0.1) is 11.3 Å². The molecular formula is C10H7BClNO2S. The lowest BCUT2D eigenvalue weighted by Crippen LogP contribution is -2.28. The van der Waals surface area contributed by atoms with Gasteiger partial charge in [-0.2, -0.15) is 0 Å². The minimum atomic E-state index is -0.834. The van der Waals surface area contributed by atoms with Crippen molar-refractivity contribution >= 4 is 35.5 Å². The summed E-state index contributed by atoms with van der Waals surface area (Å²) in [6, 6.07) is 3.73. The molecule has 0 atom stereocenters. The minimum Gasteiger partial charge on any atom is -0.423 e. The van der Waals surface area contributed by atoms with E-state index in [0.717, 1.165) is 21.5 Å². The van der Waals surface area contributed by atoms with Crippen LogP contribution in [0.2, 0.25) is 5.02 Å². The molecule has 1 aromatic heterocycles. The number of rotatable bonds is 1. The molecule has 16 heavy (non-hydrogen) atoms. The third-order valence-corrected chi connectivity index (χ3v) is 3.71. The van der Waals surface area contributed by atoms with Gasteiger partial charge in [0.15, 0.2) is 0 Å². The molecule has 3 nitrogen and oxygen atoms in total. The Kier molecular flexibility index (Phi) is 2.48. The standard InChI is InChI=1S/C10H7BClNO2S/c12-9-1-6-4-15-11(14)8(6)2-7(9)10-3-13-5-16-10/h1-3,5,14H,4H2. The maximum absolute atomic E-state index is 9.62. The average molecular weight is 252 g/mol. The molecule has 80 valence electrons. The fraction of sp³-hybridized carbons (Fsp3) is 0.100. The van der Waals surface area contributed by atoms with Crippen LogP contribution in [-0.2, 0) is 11.3 Å². The molecule has 0 saturated heterocycles. The van der Waals surface area contributed by atoms with E-state index in [9.17, 15) is 5.02 Å². The van der Waals surface area contributed by atoms with Gasteiger partial charge in [-0.1, -0.05) is 17.7 Å². The van der Waals surface area contributed by atoms with Crippen molar-refractivity contribution in [1.82, 2.24) is 4.98 Å². The number of thiazole rings is 1. The number of aromatic nitrogens is 1. The summed E-state index contributed by atoms with van der Waals surface area (Å²) < 4.78 is 5.14. The van der Waals surface area contributed by atoms with E-state index in [4.69, 9.17) is 16.3 Å². The van der Waals surface area contributed by atoms with Crippen LogP contribution in [0.5, 0.6) is 0 Å². The van der Waals surface area contributed by atoms with Crippen molar-refractivity contribution in [3.8, 4) is 10.4 Å². The van der Waals surface area contributed by atoms with E-state index in [2.05, 4.69) is 4.98 Å². The highest BCUT2D eigenvalue weighted by molar-refractivity contribution is 7.13. The molecule has 1 aliphatic rings. The van der Waals surface area contributed by atoms with Crippen LogP contribution in [-0.4, -0.2) is 17.1 Å². The fourth-order valence-corrected chi connectivity index (χ4v) is 2.78.